The number of nitrogens with one attached hydrogen (secondary N) is 2. The van der Waals surface area contributed by atoms with Crippen LogP contribution in [-0.2, 0) is 27.5 Å². The number of benzene rings is 1. The van der Waals surface area contributed by atoms with Crippen molar-refractivity contribution in [1.82, 2.24) is 20.5 Å². The molecule has 4 rings (SSSR count). The van der Waals surface area contributed by atoms with Gasteiger partial charge >= 0.3 is 11.8 Å². The molecule has 2 aromatic heterocycles. The molecule has 1 fully saturated rings. The summed E-state index contributed by atoms with van der Waals surface area (Å²) < 4.78 is 20.2. The second kappa shape index (κ2) is 11.4. The molecular formula is C26H27FN4O4. The molecule has 0 bridgehead atoms. The Morgan fingerprint density at radius 1 is 1.09 bits per heavy atom. The molecule has 0 spiro atoms. The van der Waals surface area contributed by atoms with Crippen molar-refractivity contribution >= 4 is 17.7 Å². The van der Waals surface area contributed by atoms with E-state index in [1.807, 2.05) is 0 Å². The molecule has 0 unspecified atom stereocenters. The molecule has 0 radical (unpaired) electrons. The van der Waals surface area contributed by atoms with Crippen molar-refractivity contribution in [3.8, 4) is 0 Å². The first kappa shape index (κ1) is 24.1. The maximum Gasteiger partial charge on any atom is 0.313 e. The zero-order chi connectivity index (χ0) is 24.6. The molecule has 0 aliphatic heterocycles. The van der Waals surface area contributed by atoms with E-state index in [-0.39, 0.29) is 24.7 Å². The molecule has 2 N–H and O–H groups in total. The van der Waals surface area contributed by atoms with Gasteiger partial charge in [0.05, 0.1) is 12.8 Å². The maximum absolute atomic E-state index is 15.0. The van der Waals surface area contributed by atoms with Crippen LogP contribution in [0.1, 0.15) is 48.6 Å². The van der Waals surface area contributed by atoms with Gasteiger partial charge in [-0.3, -0.25) is 19.4 Å². The fourth-order valence-electron chi connectivity index (χ4n) is 4.25. The summed E-state index contributed by atoms with van der Waals surface area (Å²) in [4.78, 5) is 45.0. The van der Waals surface area contributed by atoms with Crippen LogP contribution in [0.5, 0.6) is 0 Å². The molecule has 182 valence electrons. The minimum atomic E-state index is -1.40. The topological polar surface area (TPSA) is 105 Å². The lowest BCUT2D eigenvalue weighted by Crippen LogP contribution is -2.50. The Bertz CT molecular complexity index is 1150. The Hall–Kier alpha value is -4.01. The van der Waals surface area contributed by atoms with Gasteiger partial charge < -0.3 is 20.0 Å². The zero-order valence-corrected chi connectivity index (χ0v) is 19.2. The van der Waals surface area contributed by atoms with Crippen LogP contribution >= 0.6 is 0 Å². The number of furan rings is 1. The SMILES string of the molecule is O=C(NC1CCCC1)C(=O)N(Cc1cccnc1)[C@@H](C(=O)NCc1ccco1)c1ccccc1F. The van der Waals surface area contributed by atoms with Crippen molar-refractivity contribution < 1.29 is 23.2 Å². The third kappa shape index (κ3) is 6.11. The first-order valence-electron chi connectivity index (χ1n) is 11.6. The fourth-order valence-corrected chi connectivity index (χ4v) is 4.25. The summed E-state index contributed by atoms with van der Waals surface area (Å²) in [6.45, 7) is -0.0715. The van der Waals surface area contributed by atoms with Crippen molar-refractivity contribution in [1.29, 1.82) is 0 Å². The molecule has 9 heteroatoms. The highest BCUT2D eigenvalue weighted by atomic mass is 19.1. The van der Waals surface area contributed by atoms with Crippen molar-refractivity contribution in [2.45, 2.75) is 50.9 Å². The quantitative estimate of drug-likeness (QED) is 0.484. The van der Waals surface area contributed by atoms with E-state index in [1.165, 1.54) is 30.7 Å². The lowest BCUT2D eigenvalue weighted by atomic mass is 10.0. The Kier molecular flexibility index (Phi) is 7.87. The Morgan fingerprint density at radius 3 is 2.57 bits per heavy atom. The number of rotatable bonds is 8. The Balaban J connectivity index is 1.67. The van der Waals surface area contributed by atoms with E-state index in [1.54, 1.807) is 36.5 Å². The normalized spacial score (nSPS) is 14.3. The Labute approximate surface area is 202 Å². The molecule has 3 amide bonds. The summed E-state index contributed by atoms with van der Waals surface area (Å²) in [5.74, 6) is -2.54. The van der Waals surface area contributed by atoms with Crippen molar-refractivity contribution in [3.05, 3.63) is 89.9 Å². The van der Waals surface area contributed by atoms with Gasteiger partial charge in [0, 0.05) is 30.5 Å². The van der Waals surface area contributed by atoms with E-state index in [4.69, 9.17) is 4.42 Å². The highest BCUT2D eigenvalue weighted by Gasteiger charge is 2.37. The predicted octanol–water partition coefficient (Wildman–Crippen LogP) is 3.26. The van der Waals surface area contributed by atoms with E-state index < -0.39 is 29.6 Å². The monoisotopic (exact) mass is 478 g/mol. The average molecular weight is 479 g/mol. The van der Waals surface area contributed by atoms with Gasteiger partial charge in [-0.25, -0.2) is 4.39 Å². The summed E-state index contributed by atoms with van der Waals surface area (Å²) in [5, 5.41) is 5.48. The summed E-state index contributed by atoms with van der Waals surface area (Å²) in [6, 6.07) is 11.0. The van der Waals surface area contributed by atoms with Crippen molar-refractivity contribution in [3.63, 3.8) is 0 Å². The zero-order valence-electron chi connectivity index (χ0n) is 19.2. The molecule has 3 aromatic rings. The second-order valence-electron chi connectivity index (χ2n) is 8.47. The summed E-state index contributed by atoms with van der Waals surface area (Å²) >= 11 is 0. The molecule has 1 aromatic carbocycles. The van der Waals surface area contributed by atoms with Crippen molar-refractivity contribution in [2.75, 3.05) is 0 Å². The van der Waals surface area contributed by atoms with Gasteiger partial charge in [-0.1, -0.05) is 37.1 Å². The maximum atomic E-state index is 15.0. The van der Waals surface area contributed by atoms with Crippen LogP contribution in [0.15, 0.2) is 71.6 Å². The van der Waals surface area contributed by atoms with Gasteiger partial charge in [-0.2, -0.15) is 0 Å². The number of halogens is 1. The van der Waals surface area contributed by atoms with Crippen LogP contribution in [-0.4, -0.2) is 33.6 Å². The van der Waals surface area contributed by atoms with Gasteiger partial charge in [0.25, 0.3) is 0 Å². The molecule has 1 atom stereocenters. The third-order valence-electron chi connectivity index (χ3n) is 6.00. The number of amides is 3. The predicted molar refractivity (Wildman–Crippen MR) is 125 cm³/mol. The van der Waals surface area contributed by atoms with Gasteiger partial charge in [-0.15, -0.1) is 0 Å². The van der Waals surface area contributed by atoms with E-state index in [9.17, 15) is 18.8 Å². The summed E-state index contributed by atoms with van der Waals surface area (Å²) in [6.07, 6.45) is 8.13. The van der Waals surface area contributed by atoms with Crippen LogP contribution < -0.4 is 10.6 Å². The van der Waals surface area contributed by atoms with Gasteiger partial charge in [0.2, 0.25) is 5.91 Å². The number of carbonyl (C=O) groups excluding carboxylic acids is 3. The van der Waals surface area contributed by atoms with E-state index in [0.717, 1.165) is 30.6 Å². The number of carbonyl (C=O) groups is 3. The summed E-state index contributed by atoms with van der Waals surface area (Å²) in [5.41, 5.74) is 0.574. The molecule has 1 aliphatic rings. The fraction of sp³-hybridized carbons (Fsp3) is 0.308. The van der Waals surface area contributed by atoms with Crippen LogP contribution in [0.25, 0.3) is 0 Å². The van der Waals surface area contributed by atoms with Crippen LogP contribution in [0.4, 0.5) is 4.39 Å². The molecule has 0 saturated heterocycles. The standard InChI is InChI=1S/C26H27FN4O4/c27-22-12-4-3-11-21(22)23(24(32)29-16-20-10-6-14-35-20)31(17-18-7-5-13-28-15-18)26(34)25(33)30-19-8-1-2-9-19/h3-7,10-15,19,23H,1-2,8-9,16-17H2,(H,29,32)(H,30,33)/t23-/m1/s1. The molecule has 8 nitrogen and oxygen atoms in total. The number of nitrogens with zero attached hydrogens (tertiary/aromatic N) is 2. The highest BCUT2D eigenvalue weighted by Crippen LogP contribution is 2.27. The lowest BCUT2D eigenvalue weighted by Gasteiger charge is -2.31. The minimum absolute atomic E-state index is 0.0182. The average Bonchev–Trinajstić information content (AvgIpc) is 3.58. The number of hydrogen-bond acceptors (Lipinski definition) is 5. The second-order valence-corrected chi connectivity index (χ2v) is 8.47. The molecular weight excluding hydrogens is 451 g/mol. The highest BCUT2D eigenvalue weighted by molar-refractivity contribution is 6.35. The van der Waals surface area contributed by atoms with Crippen molar-refractivity contribution in [2.24, 2.45) is 0 Å². The molecule has 2 heterocycles. The van der Waals surface area contributed by atoms with Gasteiger partial charge in [0.1, 0.15) is 17.6 Å². The van der Waals surface area contributed by atoms with E-state index in [2.05, 4.69) is 15.6 Å². The van der Waals surface area contributed by atoms with Crippen LogP contribution in [0.3, 0.4) is 0 Å². The number of pyridine rings is 1. The first-order chi connectivity index (χ1) is 17.0. The molecule has 1 saturated carbocycles. The third-order valence-corrected chi connectivity index (χ3v) is 6.00. The first-order valence-corrected chi connectivity index (χ1v) is 11.6. The number of hydrogen-bond donors (Lipinski definition) is 2. The van der Waals surface area contributed by atoms with Gasteiger partial charge in [-0.05, 0) is 42.7 Å². The minimum Gasteiger partial charge on any atom is -0.467 e. The number of aromatic nitrogens is 1. The Morgan fingerprint density at radius 2 is 1.89 bits per heavy atom. The van der Waals surface area contributed by atoms with Gasteiger partial charge in [0.15, 0.2) is 0 Å². The van der Waals surface area contributed by atoms with Crippen LogP contribution in [0, 0.1) is 5.82 Å². The lowest BCUT2D eigenvalue weighted by molar-refractivity contribution is -0.151. The largest absolute Gasteiger partial charge is 0.467 e. The molecule has 35 heavy (non-hydrogen) atoms. The van der Waals surface area contributed by atoms with E-state index in [0.29, 0.717) is 11.3 Å². The smallest absolute Gasteiger partial charge is 0.313 e. The van der Waals surface area contributed by atoms with E-state index >= 15 is 0 Å². The molecule has 1 aliphatic carbocycles. The summed E-state index contributed by atoms with van der Waals surface area (Å²) in [7, 11) is 0. The van der Waals surface area contributed by atoms with Crippen LogP contribution in [0.2, 0.25) is 0 Å².